The maximum Gasteiger partial charge on any atom is 0.152 e. The van der Waals surface area contributed by atoms with E-state index in [1.165, 1.54) is 0 Å². The van der Waals surface area contributed by atoms with Crippen LogP contribution >= 0.6 is 11.6 Å². The number of aromatic nitrogens is 3. The van der Waals surface area contributed by atoms with Gasteiger partial charge in [-0.2, -0.15) is 5.10 Å². The zero-order valence-electron chi connectivity index (χ0n) is 7.61. The zero-order valence-corrected chi connectivity index (χ0v) is 8.36. The van der Waals surface area contributed by atoms with Gasteiger partial charge in [-0.1, -0.05) is 11.6 Å². The Hall–Kier alpha value is -1.55. The summed E-state index contributed by atoms with van der Waals surface area (Å²) < 4.78 is 1.73. The average Bonchev–Trinajstić information content (AvgIpc) is 2.51. The Morgan fingerprint density at radius 1 is 1.43 bits per heavy atom. The van der Waals surface area contributed by atoms with Crippen LogP contribution in [0.2, 0.25) is 5.15 Å². The quantitative estimate of drug-likeness (QED) is 0.770. The fourth-order valence-corrected chi connectivity index (χ4v) is 1.28. The van der Waals surface area contributed by atoms with E-state index in [2.05, 4.69) is 15.4 Å². The maximum absolute atomic E-state index is 5.74. The number of hydrogen-bond donors (Lipinski definition) is 1. The molecule has 0 saturated heterocycles. The summed E-state index contributed by atoms with van der Waals surface area (Å²) in [4.78, 5) is 3.89. The molecule has 0 aliphatic heterocycles. The molecule has 2 heterocycles. The molecule has 0 aliphatic carbocycles. The van der Waals surface area contributed by atoms with Crippen LogP contribution in [0.5, 0.6) is 0 Å². The van der Waals surface area contributed by atoms with E-state index in [1.54, 1.807) is 16.9 Å². The summed E-state index contributed by atoms with van der Waals surface area (Å²) in [5, 5.41) is 7.75. The fourth-order valence-electron chi connectivity index (χ4n) is 1.11. The lowest BCUT2D eigenvalue weighted by Crippen LogP contribution is -1.93. The van der Waals surface area contributed by atoms with Crippen molar-refractivity contribution in [1.29, 1.82) is 0 Å². The monoisotopic (exact) mass is 208 g/mol. The molecule has 1 N–H and O–H groups in total. The van der Waals surface area contributed by atoms with Crippen molar-refractivity contribution in [1.82, 2.24) is 14.8 Å². The second-order valence-corrected chi connectivity index (χ2v) is 3.25. The largest absolute Gasteiger partial charge is 0.339 e. The molecule has 0 fully saturated rings. The van der Waals surface area contributed by atoms with Crippen LogP contribution < -0.4 is 5.32 Å². The van der Waals surface area contributed by atoms with Crippen molar-refractivity contribution in [2.75, 3.05) is 5.32 Å². The second-order valence-electron chi connectivity index (χ2n) is 2.87. The Balaban J connectivity index is 2.18. The normalized spacial score (nSPS) is 10.1. The van der Waals surface area contributed by atoms with Crippen LogP contribution in [-0.4, -0.2) is 14.8 Å². The van der Waals surface area contributed by atoms with Gasteiger partial charge in [0.05, 0.1) is 0 Å². The Labute approximate surface area is 86.5 Å². The van der Waals surface area contributed by atoms with Crippen molar-refractivity contribution < 1.29 is 0 Å². The molecule has 2 aromatic heterocycles. The predicted octanol–water partition coefficient (Wildman–Crippen LogP) is 2.21. The first-order valence-corrected chi connectivity index (χ1v) is 4.50. The summed E-state index contributed by atoms with van der Waals surface area (Å²) in [7, 11) is 1.87. The highest BCUT2D eigenvalue weighted by atomic mass is 35.5. The van der Waals surface area contributed by atoms with Crippen LogP contribution in [0, 0.1) is 0 Å². The molecule has 2 rings (SSSR count). The molecule has 0 aromatic carbocycles. The van der Waals surface area contributed by atoms with Gasteiger partial charge in [-0.3, -0.25) is 4.68 Å². The molecule has 2 aromatic rings. The fraction of sp³-hybridized carbons (Fsp3) is 0.111. The summed E-state index contributed by atoms with van der Waals surface area (Å²) in [6.45, 7) is 0. The van der Waals surface area contributed by atoms with E-state index in [0.29, 0.717) is 5.15 Å². The van der Waals surface area contributed by atoms with Crippen LogP contribution in [0.1, 0.15) is 0 Å². The van der Waals surface area contributed by atoms with Crippen molar-refractivity contribution in [3.63, 3.8) is 0 Å². The highest BCUT2D eigenvalue weighted by Crippen LogP contribution is 2.16. The Kier molecular flexibility index (Phi) is 2.37. The molecule has 0 aliphatic rings. The molecule has 0 radical (unpaired) electrons. The smallest absolute Gasteiger partial charge is 0.152 e. The molecule has 0 spiro atoms. The van der Waals surface area contributed by atoms with Gasteiger partial charge >= 0.3 is 0 Å². The first kappa shape index (κ1) is 9.02. The zero-order chi connectivity index (χ0) is 9.97. The Bertz CT molecular complexity index is 438. The van der Waals surface area contributed by atoms with Crippen LogP contribution in [-0.2, 0) is 7.05 Å². The molecule has 0 saturated carbocycles. The summed E-state index contributed by atoms with van der Waals surface area (Å²) in [6, 6.07) is 5.46. The molecule has 14 heavy (non-hydrogen) atoms. The summed E-state index contributed by atoms with van der Waals surface area (Å²) in [5.41, 5.74) is 0.878. The first-order chi connectivity index (χ1) is 6.74. The molecular formula is C9H9ClN4. The Morgan fingerprint density at radius 2 is 2.29 bits per heavy atom. The number of halogens is 1. The van der Waals surface area contributed by atoms with Gasteiger partial charge in [0.1, 0.15) is 5.15 Å². The molecule has 0 unspecified atom stereocenters. The third-order valence-corrected chi connectivity index (χ3v) is 1.92. The van der Waals surface area contributed by atoms with Gasteiger partial charge in [-0.25, -0.2) is 4.98 Å². The predicted molar refractivity (Wildman–Crippen MR) is 55.7 cm³/mol. The second kappa shape index (κ2) is 3.67. The average molecular weight is 209 g/mol. The molecule has 0 amide bonds. The lowest BCUT2D eigenvalue weighted by molar-refractivity contribution is 0.771. The highest BCUT2D eigenvalue weighted by molar-refractivity contribution is 6.29. The van der Waals surface area contributed by atoms with Gasteiger partial charge in [0, 0.05) is 31.2 Å². The van der Waals surface area contributed by atoms with E-state index in [4.69, 9.17) is 11.6 Å². The molecule has 72 valence electrons. The van der Waals surface area contributed by atoms with Crippen LogP contribution in [0.4, 0.5) is 11.5 Å². The minimum Gasteiger partial charge on any atom is -0.339 e. The van der Waals surface area contributed by atoms with Crippen molar-refractivity contribution in [2.24, 2.45) is 7.05 Å². The molecule has 0 bridgehead atoms. The van der Waals surface area contributed by atoms with Gasteiger partial charge in [-0.15, -0.1) is 0 Å². The van der Waals surface area contributed by atoms with Crippen LogP contribution in [0.3, 0.4) is 0 Å². The maximum atomic E-state index is 5.74. The topological polar surface area (TPSA) is 42.7 Å². The number of nitrogens with one attached hydrogen (secondary N) is 1. The Morgan fingerprint density at radius 3 is 2.93 bits per heavy atom. The molecule has 5 heteroatoms. The molecule has 0 atom stereocenters. The van der Waals surface area contributed by atoms with Gasteiger partial charge in [0.15, 0.2) is 5.82 Å². The van der Waals surface area contributed by atoms with Gasteiger partial charge in [0.25, 0.3) is 0 Å². The van der Waals surface area contributed by atoms with Gasteiger partial charge in [0.2, 0.25) is 0 Å². The molecule has 4 nitrogen and oxygen atoms in total. The first-order valence-electron chi connectivity index (χ1n) is 4.12. The van der Waals surface area contributed by atoms with E-state index in [9.17, 15) is 0 Å². The SMILES string of the molecule is Cn1ccc(Nc2ccnc(Cl)c2)n1. The van der Waals surface area contributed by atoms with Crippen molar-refractivity contribution >= 4 is 23.1 Å². The minimum absolute atomic E-state index is 0.464. The standard InChI is InChI=1S/C9H9ClN4/c1-14-5-3-9(13-14)12-7-2-4-11-8(10)6-7/h2-6H,1H3,(H,11,12,13). The third-order valence-electron chi connectivity index (χ3n) is 1.71. The number of hydrogen-bond acceptors (Lipinski definition) is 3. The number of rotatable bonds is 2. The summed E-state index contributed by atoms with van der Waals surface area (Å²) in [6.07, 6.45) is 3.51. The third kappa shape index (κ3) is 2.03. The van der Waals surface area contributed by atoms with E-state index in [1.807, 2.05) is 25.4 Å². The number of pyridine rings is 1. The van der Waals surface area contributed by atoms with E-state index in [-0.39, 0.29) is 0 Å². The van der Waals surface area contributed by atoms with E-state index < -0.39 is 0 Å². The van der Waals surface area contributed by atoms with E-state index in [0.717, 1.165) is 11.5 Å². The van der Waals surface area contributed by atoms with Crippen LogP contribution in [0.15, 0.2) is 30.6 Å². The van der Waals surface area contributed by atoms with Gasteiger partial charge in [-0.05, 0) is 12.1 Å². The number of aryl methyl sites for hydroxylation is 1. The van der Waals surface area contributed by atoms with E-state index >= 15 is 0 Å². The highest BCUT2D eigenvalue weighted by Gasteiger charge is 1.98. The van der Waals surface area contributed by atoms with Crippen molar-refractivity contribution in [3.05, 3.63) is 35.7 Å². The van der Waals surface area contributed by atoms with Crippen LogP contribution in [0.25, 0.3) is 0 Å². The van der Waals surface area contributed by atoms with Crippen molar-refractivity contribution in [2.45, 2.75) is 0 Å². The number of nitrogens with zero attached hydrogens (tertiary/aromatic N) is 3. The van der Waals surface area contributed by atoms with Crippen molar-refractivity contribution in [3.8, 4) is 0 Å². The molecular weight excluding hydrogens is 200 g/mol. The van der Waals surface area contributed by atoms with Gasteiger partial charge < -0.3 is 5.32 Å². The number of anilines is 2. The lowest BCUT2D eigenvalue weighted by Gasteiger charge is -2.01. The summed E-state index contributed by atoms with van der Waals surface area (Å²) in [5.74, 6) is 0.787. The summed E-state index contributed by atoms with van der Waals surface area (Å²) >= 11 is 5.74. The minimum atomic E-state index is 0.464. The lowest BCUT2D eigenvalue weighted by atomic mass is 10.4.